The van der Waals surface area contributed by atoms with Crippen LogP contribution in [0.3, 0.4) is 0 Å². The molecular formula is C18H22N2O2S. The lowest BCUT2D eigenvalue weighted by Gasteiger charge is -2.38. The van der Waals surface area contributed by atoms with Gasteiger partial charge in [-0.3, -0.25) is 9.80 Å². The highest BCUT2D eigenvalue weighted by Crippen LogP contribution is 2.23. The summed E-state index contributed by atoms with van der Waals surface area (Å²) in [5.74, 6) is -0.868. The Bertz CT molecular complexity index is 632. The molecule has 2 aromatic rings. The fourth-order valence-electron chi connectivity index (χ4n) is 3.04. The first kappa shape index (κ1) is 16.2. The van der Waals surface area contributed by atoms with Gasteiger partial charge in [0.25, 0.3) is 0 Å². The van der Waals surface area contributed by atoms with Gasteiger partial charge in [-0.2, -0.15) is 11.3 Å². The first-order valence-corrected chi connectivity index (χ1v) is 8.88. The van der Waals surface area contributed by atoms with E-state index in [1.807, 2.05) is 12.1 Å². The van der Waals surface area contributed by atoms with Gasteiger partial charge in [-0.1, -0.05) is 12.1 Å². The van der Waals surface area contributed by atoms with Crippen LogP contribution in [0.5, 0.6) is 0 Å². The Hall–Kier alpha value is -1.69. The number of carboxylic acid groups (broad SMARTS) is 1. The topological polar surface area (TPSA) is 43.8 Å². The third kappa shape index (κ3) is 3.99. The highest BCUT2D eigenvalue weighted by atomic mass is 32.1. The van der Waals surface area contributed by atoms with Crippen LogP contribution in [-0.2, 0) is 6.54 Å². The molecule has 1 saturated heterocycles. The van der Waals surface area contributed by atoms with E-state index in [2.05, 4.69) is 33.6 Å². The minimum absolute atomic E-state index is 0.350. The van der Waals surface area contributed by atoms with Crippen molar-refractivity contribution in [2.24, 2.45) is 0 Å². The molecule has 1 aliphatic heterocycles. The summed E-state index contributed by atoms with van der Waals surface area (Å²) in [6.07, 6.45) is 0. The van der Waals surface area contributed by atoms with Crippen LogP contribution in [-0.4, -0.2) is 47.1 Å². The van der Waals surface area contributed by atoms with Gasteiger partial charge in [-0.05, 0) is 47.0 Å². The number of hydrogen-bond acceptors (Lipinski definition) is 4. The van der Waals surface area contributed by atoms with Gasteiger partial charge < -0.3 is 5.11 Å². The van der Waals surface area contributed by atoms with E-state index < -0.39 is 5.97 Å². The van der Waals surface area contributed by atoms with Crippen molar-refractivity contribution in [2.75, 3.05) is 26.2 Å². The first-order valence-electron chi connectivity index (χ1n) is 7.94. The summed E-state index contributed by atoms with van der Waals surface area (Å²) in [6, 6.07) is 9.91. The minimum atomic E-state index is -0.868. The largest absolute Gasteiger partial charge is 0.478 e. The lowest BCUT2D eigenvalue weighted by atomic mass is 10.1. The summed E-state index contributed by atoms with van der Waals surface area (Å²) < 4.78 is 0. The van der Waals surface area contributed by atoms with Crippen molar-refractivity contribution in [2.45, 2.75) is 19.5 Å². The third-order valence-electron chi connectivity index (χ3n) is 4.59. The number of benzene rings is 1. The summed E-state index contributed by atoms with van der Waals surface area (Å²) in [5.41, 5.74) is 2.94. The molecule has 1 N–H and O–H groups in total. The number of aromatic carboxylic acids is 1. The number of piperazine rings is 1. The average molecular weight is 330 g/mol. The van der Waals surface area contributed by atoms with Crippen molar-refractivity contribution in [3.63, 3.8) is 0 Å². The standard InChI is InChI=1S/C18H22N2O2S/c1-14(17-6-11-23-13-17)20-9-7-19(8-10-20)12-15-2-4-16(5-3-15)18(21)22/h2-6,11,13-14H,7-10,12H2,1H3,(H,21,22). The van der Waals surface area contributed by atoms with Gasteiger partial charge in [0.1, 0.15) is 0 Å². The summed E-state index contributed by atoms with van der Waals surface area (Å²) in [5, 5.41) is 13.3. The normalized spacial score (nSPS) is 18.0. The number of nitrogens with zero attached hydrogens (tertiary/aromatic N) is 2. The fourth-order valence-corrected chi connectivity index (χ4v) is 3.79. The zero-order valence-corrected chi connectivity index (χ0v) is 14.1. The van der Waals surface area contributed by atoms with Crippen LogP contribution in [0.25, 0.3) is 0 Å². The van der Waals surface area contributed by atoms with Crippen molar-refractivity contribution in [3.05, 3.63) is 57.8 Å². The highest BCUT2D eigenvalue weighted by Gasteiger charge is 2.22. The maximum Gasteiger partial charge on any atom is 0.335 e. The van der Waals surface area contributed by atoms with Crippen LogP contribution < -0.4 is 0 Å². The van der Waals surface area contributed by atoms with Crippen molar-refractivity contribution < 1.29 is 9.90 Å². The van der Waals surface area contributed by atoms with Crippen LogP contribution in [0.2, 0.25) is 0 Å². The molecule has 1 aromatic carbocycles. The molecule has 2 heterocycles. The molecule has 1 aromatic heterocycles. The van der Waals surface area contributed by atoms with Gasteiger partial charge >= 0.3 is 5.97 Å². The van der Waals surface area contributed by atoms with Crippen molar-refractivity contribution in [1.29, 1.82) is 0 Å². The second kappa shape index (κ2) is 7.25. The molecule has 1 fully saturated rings. The Morgan fingerprint density at radius 3 is 2.43 bits per heavy atom. The van der Waals surface area contributed by atoms with Crippen LogP contribution in [0, 0.1) is 0 Å². The van der Waals surface area contributed by atoms with Gasteiger partial charge in [0, 0.05) is 38.8 Å². The van der Waals surface area contributed by atoms with Gasteiger partial charge in [-0.15, -0.1) is 0 Å². The second-order valence-corrected chi connectivity index (χ2v) is 6.83. The van der Waals surface area contributed by atoms with E-state index >= 15 is 0 Å². The Morgan fingerprint density at radius 1 is 1.17 bits per heavy atom. The number of carbonyl (C=O) groups is 1. The Morgan fingerprint density at radius 2 is 1.87 bits per heavy atom. The first-order chi connectivity index (χ1) is 11.1. The molecule has 23 heavy (non-hydrogen) atoms. The predicted octanol–water partition coefficient (Wildman–Crippen LogP) is 3.33. The highest BCUT2D eigenvalue weighted by molar-refractivity contribution is 7.07. The van der Waals surface area contributed by atoms with Crippen molar-refractivity contribution >= 4 is 17.3 Å². The number of carboxylic acids is 1. The van der Waals surface area contributed by atoms with E-state index in [9.17, 15) is 4.79 Å². The summed E-state index contributed by atoms with van der Waals surface area (Å²) in [4.78, 5) is 15.9. The molecule has 5 heteroatoms. The SMILES string of the molecule is CC(c1ccsc1)N1CCN(Cc2ccc(C(=O)O)cc2)CC1. The van der Waals surface area contributed by atoms with Gasteiger partial charge in [0.2, 0.25) is 0 Å². The molecule has 0 spiro atoms. The molecule has 0 aliphatic carbocycles. The lowest BCUT2D eigenvalue weighted by Crippen LogP contribution is -2.46. The van der Waals surface area contributed by atoms with E-state index in [1.165, 1.54) is 11.1 Å². The van der Waals surface area contributed by atoms with Crippen LogP contribution in [0.15, 0.2) is 41.1 Å². The van der Waals surface area contributed by atoms with Crippen LogP contribution in [0.1, 0.15) is 34.5 Å². The molecule has 1 unspecified atom stereocenters. The zero-order chi connectivity index (χ0) is 16.2. The number of thiophene rings is 1. The quantitative estimate of drug-likeness (QED) is 0.913. The summed E-state index contributed by atoms with van der Waals surface area (Å²) in [6.45, 7) is 7.42. The molecule has 3 rings (SSSR count). The third-order valence-corrected chi connectivity index (χ3v) is 5.29. The van der Waals surface area contributed by atoms with E-state index in [-0.39, 0.29) is 0 Å². The number of hydrogen-bond donors (Lipinski definition) is 1. The van der Waals surface area contributed by atoms with E-state index in [1.54, 1.807) is 23.5 Å². The zero-order valence-electron chi connectivity index (χ0n) is 13.3. The number of rotatable bonds is 5. The Labute approximate surface area is 141 Å². The van der Waals surface area contributed by atoms with Gasteiger partial charge in [0.15, 0.2) is 0 Å². The van der Waals surface area contributed by atoms with Crippen molar-refractivity contribution in [3.8, 4) is 0 Å². The predicted molar refractivity (Wildman–Crippen MR) is 93.0 cm³/mol. The van der Waals surface area contributed by atoms with Gasteiger partial charge in [-0.25, -0.2) is 4.79 Å². The Balaban J connectivity index is 1.52. The average Bonchev–Trinajstić information content (AvgIpc) is 3.10. The molecule has 1 aliphatic rings. The molecule has 0 amide bonds. The van der Waals surface area contributed by atoms with E-state index in [4.69, 9.17) is 5.11 Å². The molecular weight excluding hydrogens is 308 g/mol. The lowest BCUT2D eigenvalue weighted by molar-refractivity contribution is 0.0697. The smallest absolute Gasteiger partial charge is 0.335 e. The molecule has 0 saturated carbocycles. The maximum atomic E-state index is 10.9. The fraction of sp³-hybridized carbons (Fsp3) is 0.389. The Kier molecular flexibility index (Phi) is 5.10. The molecule has 0 radical (unpaired) electrons. The van der Waals surface area contributed by atoms with Crippen LogP contribution >= 0.6 is 11.3 Å². The van der Waals surface area contributed by atoms with Crippen LogP contribution in [0.4, 0.5) is 0 Å². The molecule has 1 atom stereocenters. The molecule has 4 nitrogen and oxygen atoms in total. The van der Waals surface area contributed by atoms with E-state index in [0.717, 1.165) is 32.7 Å². The summed E-state index contributed by atoms with van der Waals surface area (Å²) in [7, 11) is 0. The van der Waals surface area contributed by atoms with E-state index in [0.29, 0.717) is 11.6 Å². The monoisotopic (exact) mass is 330 g/mol. The van der Waals surface area contributed by atoms with Gasteiger partial charge in [0.05, 0.1) is 5.56 Å². The maximum absolute atomic E-state index is 10.9. The molecule has 0 bridgehead atoms. The second-order valence-electron chi connectivity index (χ2n) is 6.05. The molecule has 122 valence electrons. The summed E-state index contributed by atoms with van der Waals surface area (Å²) >= 11 is 1.76. The van der Waals surface area contributed by atoms with Crippen molar-refractivity contribution in [1.82, 2.24) is 9.80 Å². The minimum Gasteiger partial charge on any atom is -0.478 e.